The van der Waals surface area contributed by atoms with E-state index in [9.17, 15) is 35.1 Å². The Hall–Kier alpha value is -1.14. The first-order valence-corrected chi connectivity index (χ1v) is 12.9. The zero-order chi connectivity index (χ0) is 26.7. The van der Waals surface area contributed by atoms with E-state index in [1.54, 1.807) is 6.92 Å². The Morgan fingerprint density at radius 3 is 2.06 bits per heavy atom. The summed E-state index contributed by atoms with van der Waals surface area (Å²) in [6, 6.07) is -0.333. The van der Waals surface area contributed by atoms with Gasteiger partial charge in [0.05, 0.1) is 31.3 Å². The van der Waals surface area contributed by atoms with E-state index in [4.69, 9.17) is 9.47 Å². The normalized spacial score (nSPS) is 27.6. The molecule has 10 heteroatoms. The van der Waals surface area contributed by atoms with E-state index in [2.05, 4.69) is 5.32 Å². The van der Waals surface area contributed by atoms with Crippen LogP contribution in [0.5, 0.6) is 0 Å². The summed E-state index contributed by atoms with van der Waals surface area (Å²) in [4.78, 5) is 24.3. The fourth-order valence-corrected chi connectivity index (χ4v) is 4.17. The number of rotatable bonds is 17. The van der Waals surface area contributed by atoms with Gasteiger partial charge in [-0.05, 0) is 18.3 Å². The van der Waals surface area contributed by atoms with Gasteiger partial charge in [0.25, 0.3) is 0 Å². The van der Waals surface area contributed by atoms with Gasteiger partial charge in [-0.2, -0.15) is 0 Å². The molecule has 1 aliphatic rings. The average Bonchev–Trinajstić information content (AvgIpc) is 3.09. The smallest absolute Gasteiger partial charge is 0.222 e. The predicted octanol–water partition coefficient (Wildman–Crippen LogP) is 0.649. The Bertz CT molecular complexity index is 634. The Morgan fingerprint density at radius 2 is 1.54 bits per heavy atom. The molecular weight excluding hydrogens is 458 g/mol. The SMILES string of the molecule is CCC(=O)C[C@@H](O)C[C@H](NC(=O)C[C@@H](O)C[C@H](O[C@@H]1O[C@@H](CO)C(O)C1O)[C@@H](C)CC)[C@@H](C)CC. The topological polar surface area (TPSA) is 166 Å². The molecule has 1 saturated heterocycles. The molecular formula is C25H47NO9. The number of aliphatic hydroxyl groups excluding tert-OH is 5. The van der Waals surface area contributed by atoms with Crippen molar-refractivity contribution in [3.05, 3.63) is 0 Å². The highest BCUT2D eigenvalue weighted by atomic mass is 16.7. The predicted molar refractivity (Wildman–Crippen MR) is 129 cm³/mol. The molecule has 2 unspecified atom stereocenters. The maximum absolute atomic E-state index is 12.7. The molecule has 35 heavy (non-hydrogen) atoms. The van der Waals surface area contributed by atoms with Gasteiger partial charge < -0.3 is 40.3 Å². The number of ketones is 1. The second-order valence-corrected chi connectivity index (χ2v) is 9.91. The monoisotopic (exact) mass is 505 g/mol. The Morgan fingerprint density at radius 1 is 0.943 bits per heavy atom. The molecule has 1 heterocycles. The number of aliphatic hydroxyl groups is 5. The van der Waals surface area contributed by atoms with Crippen LogP contribution < -0.4 is 5.32 Å². The minimum absolute atomic E-state index is 0.0343. The van der Waals surface area contributed by atoms with Crippen LogP contribution in [0.4, 0.5) is 0 Å². The van der Waals surface area contributed by atoms with Crippen molar-refractivity contribution in [3.8, 4) is 0 Å². The van der Waals surface area contributed by atoms with E-state index in [0.29, 0.717) is 12.8 Å². The highest BCUT2D eigenvalue weighted by Crippen LogP contribution is 2.27. The number of hydrogen-bond donors (Lipinski definition) is 6. The van der Waals surface area contributed by atoms with E-state index in [1.165, 1.54) is 0 Å². The summed E-state index contributed by atoms with van der Waals surface area (Å²) < 4.78 is 11.3. The van der Waals surface area contributed by atoms with Crippen molar-refractivity contribution in [1.82, 2.24) is 5.32 Å². The van der Waals surface area contributed by atoms with Gasteiger partial charge in [-0.15, -0.1) is 0 Å². The average molecular weight is 506 g/mol. The molecule has 10 nitrogen and oxygen atoms in total. The van der Waals surface area contributed by atoms with Crippen LogP contribution in [0.3, 0.4) is 0 Å². The first-order chi connectivity index (χ1) is 16.5. The lowest BCUT2D eigenvalue weighted by atomic mass is 9.91. The molecule has 0 radical (unpaired) electrons. The third-order valence-corrected chi connectivity index (χ3v) is 7.07. The summed E-state index contributed by atoms with van der Waals surface area (Å²) in [5.74, 6) is -0.362. The summed E-state index contributed by atoms with van der Waals surface area (Å²) in [6.07, 6.45) is -5.07. The maximum atomic E-state index is 12.7. The van der Waals surface area contributed by atoms with E-state index in [0.717, 1.165) is 6.42 Å². The van der Waals surface area contributed by atoms with Gasteiger partial charge in [0.2, 0.25) is 5.91 Å². The quantitative estimate of drug-likeness (QED) is 0.166. The lowest BCUT2D eigenvalue weighted by molar-refractivity contribution is -0.207. The molecule has 0 aromatic rings. The van der Waals surface area contributed by atoms with Crippen molar-refractivity contribution in [2.24, 2.45) is 11.8 Å². The van der Waals surface area contributed by atoms with Gasteiger partial charge in [-0.1, -0.05) is 47.5 Å². The minimum atomic E-state index is -1.33. The highest BCUT2D eigenvalue weighted by molar-refractivity contribution is 5.78. The molecule has 0 spiro atoms. The molecule has 1 rings (SSSR count). The number of Topliss-reactive ketones (excluding diaryl/α,β-unsaturated/α-hetero) is 1. The van der Waals surface area contributed by atoms with Crippen molar-refractivity contribution in [1.29, 1.82) is 0 Å². The van der Waals surface area contributed by atoms with Crippen LogP contribution in [0, 0.1) is 11.8 Å². The second kappa shape index (κ2) is 15.9. The van der Waals surface area contributed by atoms with Crippen molar-refractivity contribution in [3.63, 3.8) is 0 Å². The molecule has 0 aromatic heterocycles. The standard InChI is InChI=1S/C25H47NO9/c1-6-14(4)19(10-17(29)9-16(28)8-3)26-22(31)12-18(30)11-20(15(5)7-2)34-25-24(33)23(32)21(13-27)35-25/h14-15,17-21,23-25,27,29-30,32-33H,6-13H2,1-5H3,(H,26,31)/t14-,15-,17+,18-,19-,20-,21-,23?,24?,25+/m0/s1. The molecule has 0 saturated carbocycles. The number of ether oxygens (including phenoxy) is 2. The molecule has 1 fully saturated rings. The van der Waals surface area contributed by atoms with Crippen molar-refractivity contribution >= 4 is 11.7 Å². The summed E-state index contributed by atoms with van der Waals surface area (Å²) in [5.41, 5.74) is 0. The molecule has 6 N–H and O–H groups in total. The van der Waals surface area contributed by atoms with Gasteiger partial charge in [-0.25, -0.2) is 0 Å². The van der Waals surface area contributed by atoms with Gasteiger partial charge in [0.15, 0.2) is 6.29 Å². The van der Waals surface area contributed by atoms with Crippen LogP contribution in [-0.2, 0) is 19.1 Å². The largest absolute Gasteiger partial charge is 0.394 e. The fourth-order valence-electron chi connectivity index (χ4n) is 4.17. The van der Waals surface area contributed by atoms with Crippen LogP contribution in [-0.4, -0.2) is 92.8 Å². The zero-order valence-corrected chi connectivity index (χ0v) is 21.8. The fraction of sp³-hybridized carbons (Fsp3) is 0.920. The molecule has 206 valence electrons. The number of amides is 1. The Kier molecular flexibility index (Phi) is 14.5. The molecule has 1 amide bonds. The summed E-state index contributed by atoms with van der Waals surface area (Å²) >= 11 is 0. The second-order valence-electron chi connectivity index (χ2n) is 9.91. The van der Waals surface area contributed by atoms with E-state index >= 15 is 0 Å². The Balaban J connectivity index is 2.71. The maximum Gasteiger partial charge on any atom is 0.222 e. The first-order valence-electron chi connectivity index (χ1n) is 12.9. The summed E-state index contributed by atoms with van der Waals surface area (Å²) in [6.45, 7) is 9.08. The minimum Gasteiger partial charge on any atom is -0.394 e. The van der Waals surface area contributed by atoms with Crippen molar-refractivity contribution < 1.29 is 44.6 Å². The molecule has 0 aliphatic carbocycles. The van der Waals surface area contributed by atoms with E-state index < -0.39 is 49.5 Å². The van der Waals surface area contributed by atoms with Gasteiger partial charge >= 0.3 is 0 Å². The van der Waals surface area contributed by atoms with E-state index in [-0.39, 0.29) is 55.3 Å². The Labute approximate surface area is 209 Å². The third-order valence-electron chi connectivity index (χ3n) is 7.07. The zero-order valence-electron chi connectivity index (χ0n) is 21.8. The number of hydrogen-bond acceptors (Lipinski definition) is 9. The lowest BCUT2D eigenvalue weighted by Gasteiger charge is -2.30. The summed E-state index contributed by atoms with van der Waals surface area (Å²) in [7, 11) is 0. The molecule has 0 aromatic carbocycles. The van der Waals surface area contributed by atoms with Crippen LogP contribution >= 0.6 is 0 Å². The van der Waals surface area contributed by atoms with Crippen LogP contribution in [0.15, 0.2) is 0 Å². The van der Waals surface area contributed by atoms with Crippen molar-refractivity contribution in [2.45, 2.75) is 129 Å². The molecule has 10 atom stereocenters. The first kappa shape index (κ1) is 31.9. The van der Waals surface area contributed by atoms with Crippen LogP contribution in [0.2, 0.25) is 0 Å². The van der Waals surface area contributed by atoms with Crippen molar-refractivity contribution in [2.75, 3.05) is 6.61 Å². The van der Waals surface area contributed by atoms with Gasteiger partial charge in [-0.3, -0.25) is 9.59 Å². The van der Waals surface area contributed by atoms with Gasteiger partial charge in [0.1, 0.15) is 24.1 Å². The lowest BCUT2D eigenvalue weighted by Crippen LogP contribution is -2.43. The highest BCUT2D eigenvalue weighted by Gasteiger charge is 2.44. The number of carbonyl (C=O) groups excluding carboxylic acids is 2. The van der Waals surface area contributed by atoms with Crippen LogP contribution in [0.25, 0.3) is 0 Å². The number of nitrogens with one attached hydrogen (secondary N) is 1. The number of carbonyl (C=O) groups is 2. The molecule has 0 bridgehead atoms. The summed E-state index contributed by atoms with van der Waals surface area (Å²) in [5, 5.41) is 53.2. The third kappa shape index (κ3) is 10.4. The van der Waals surface area contributed by atoms with Crippen LogP contribution in [0.1, 0.15) is 79.6 Å². The van der Waals surface area contributed by atoms with E-state index in [1.807, 2.05) is 27.7 Å². The van der Waals surface area contributed by atoms with Gasteiger partial charge in [0, 0.05) is 25.3 Å². The molecule has 1 aliphatic heterocycles.